The Labute approximate surface area is 138 Å². The highest BCUT2D eigenvalue weighted by atomic mass is 35.5. The molecule has 3 nitrogen and oxygen atoms in total. The topological polar surface area (TPSA) is 45.7 Å². The Bertz CT molecular complexity index is 691. The summed E-state index contributed by atoms with van der Waals surface area (Å²) >= 11 is 5.79. The first-order valence-electron chi connectivity index (χ1n) is 7.23. The number of halogens is 3. The van der Waals surface area contributed by atoms with Gasteiger partial charge in [0.2, 0.25) is 0 Å². The van der Waals surface area contributed by atoms with Gasteiger partial charge in [-0.15, -0.1) is 0 Å². The minimum Gasteiger partial charge on any atom is -0.330 e. The molecule has 0 saturated heterocycles. The molecule has 0 aromatic heterocycles. The highest BCUT2D eigenvalue weighted by Crippen LogP contribution is 2.15. The van der Waals surface area contributed by atoms with Crippen LogP contribution < -0.4 is 10.6 Å². The van der Waals surface area contributed by atoms with Crippen molar-refractivity contribution in [3.8, 4) is 0 Å². The van der Waals surface area contributed by atoms with Crippen molar-refractivity contribution in [3.63, 3.8) is 0 Å². The largest absolute Gasteiger partial charge is 0.330 e. The molecule has 6 heteroatoms. The van der Waals surface area contributed by atoms with E-state index < -0.39 is 17.7 Å². The van der Waals surface area contributed by atoms with E-state index in [-0.39, 0.29) is 11.9 Å². The molecule has 0 aliphatic carbocycles. The molecule has 0 radical (unpaired) electrons. The number of carbonyl (C=O) groups excluding carboxylic acids is 1. The summed E-state index contributed by atoms with van der Waals surface area (Å²) in [4.78, 5) is 12.2. The zero-order chi connectivity index (χ0) is 17.0. The Morgan fingerprint density at radius 2 is 1.78 bits per heavy atom. The lowest BCUT2D eigenvalue weighted by Gasteiger charge is -2.17. The van der Waals surface area contributed by atoms with Crippen molar-refractivity contribution in [1.82, 2.24) is 0 Å². The van der Waals surface area contributed by atoms with Crippen molar-refractivity contribution in [2.24, 2.45) is 0 Å². The molecule has 122 valence electrons. The summed E-state index contributed by atoms with van der Waals surface area (Å²) < 4.78 is 26.7. The first-order valence-corrected chi connectivity index (χ1v) is 7.61. The molecule has 0 fully saturated rings. The van der Waals surface area contributed by atoms with E-state index in [0.29, 0.717) is 16.3 Å². The van der Waals surface area contributed by atoms with E-state index in [9.17, 15) is 13.6 Å². The molecule has 0 spiro atoms. The van der Waals surface area contributed by atoms with Gasteiger partial charge in [0.05, 0.1) is 0 Å². The van der Waals surface area contributed by atoms with Crippen molar-refractivity contribution >= 4 is 23.2 Å². The number of nitrogens with one attached hydrogen (secondary N) is 1. The van der Waals surface area contributed by atoms with Crippen LogP contribution in [-0.4, -0.2) is 11.9 Å². The van der Waals surface area contributed by atoms with E-state index in [1.165, 1.54) is 12.1 Å². The summed E-state index contributed by atoms with van der Waals surface area (Å²) in [6, 6.07) is 9.47. The monoisotopic (exact) mass is 339 g/mol. The molecule has 2 atom stereocenters. The first-order chi connectivity index (χ1) is 10.9. The van der Waals surface area contributed by atoms with Crippen LogP contribution in [0.4, 0.5) is 14.5 Å². The summed E-state index contributed by atoms with van der Waals surface area (Å²) in [5.41, 5.74) is 0.998. The molecule has 0 saturated carbocycles. The SMILES string of the molecule is C[C@@H]([NH2+][C@H](C)c1ccc(F)cc1F)C(=O)Nc1ccc(Cl)cc1. The van der Waals surface area contributed by atoms with Crippen LogP contribution in [0.1, 0.15) is 25.5 Å². The summed E-state index contributed by atoms with van der Waals surface area (Å²) in [7, 11) is 0. The predicted octanol–water partition coefficient (Wildman–Crippen LogP) is 3.27. The average molecular weight is 340 g/mol. The fourth-order valence-electron chi connectivity index (χ4n) is 2.28. The third-order valence-corrected chi connectivity index (χ3v) is 3.81. The average Bonchev–Trinajstić information content (AvgIpc) is 2.49. The van der Waals surface area contributed by atoms with Gasteiger partial charge in [0.1, 0.15) is 17.7 Å². The normalized spacial score (nSPS) is 13.4. The van der Waals surface area contributed by atoms with E-state index in [1.807, 2.05) is 0 Å². The van der Waals surface area contributed by atoms with E-state index in [1.54, 1.807) is 43.4 Å². The fourth-order valence-corrected chi connectivity index (χ4v) is 2.41. The number of carbonyl (C=O) groups is 1. The highest BCUT2D eigenvalue weighted by molar-refractivity contribution is 6.30. The van der Waals surface area contributed by atoms with Crippen LogP contribution in [-0.2, 0) is 4.79 Å². The Morgan fingerprint density at radius 1 is 1.13 bits per heavy atom. The van der Waals surface area contributed by atoms with E-state index in [4.69, 9.17) is 11.6 Å². The van der Waals surface area contributed by atoms with E-state index >= 15 is 0 Å². The molecule has 0 heterocycles. The van der Waals surface area contributed by atoms with Crippen LogP contribution in [0.5, 0.6) is 0 Å². The second kappa shape index (κ2) is 7.53. The molecule has 0 aliphatic heterocycles. The summed E-state index contributed by atoms with van der Waals surface area (Å²) in [6.07, 6.45) is 0. The minimum atomic E-state index is -0.619. The molecule has 2 aromatic rings. The Morgan fingerprint density at radius 3 is 2.39 bits per heavy atom. The molecule has 3 N–H and O–H groups in total. The van der Waals surface area contributed by atoms with Crippen LogP contribution >= 0.6 is 11.6 Å². The Kier molecular flexibility index (Phi) is 5.69. The number of quaternary nitrogens is 1. The third kappa shape index (κ3) is 4.74. The molecule has 2 aromatic carbocycles. The number of hydrogen-bond acceptors (Lipinski definition) is 1. The number of hydrogen-bond donors (Lipinski definition) is 2. The Hall–Kier alpha value is -1.98. The van der Waals surface area contributed by atoms with Gasteiger partial charge in [-0.3, -0.25) is 4.79 Å². The second-order valence-corrected chi connectivity index (χ2v) is 5.87. The fraction of sp³-hybridized carbons (Fsp3) is 0.235. The van der Waals surface area contributed by atoms with Gasteiger partial charge >= 0.3 is 0 Å². The van der Waals surface area contributed by atoms with Crippen molar-refractivity contribution in [2.45, 2.75) is 25.9 Å². The minimum absolute atomic E-state index is 0.207. The lowest BCUT2D eigenvalue weighted by atomic mass is 10.1. The second-order valence-electron chi connectivity index (χ2n) is 5.43. The van der Waals surface area contributed by atoms with Gasteiger partial charge in [-0.1, -0.05) is 11.6 Å². The third-order valence-electron chi connectivity index (χ3n) is 3.56. The van der Waals surface area contributed by atoms with Crippen LogP contribution in [0.25, 0.3) is 0 Å². The smallest absolute Gasteiger partial charge is 0.282 e. The summed E-state index contributed by atoms with van der Waals surface area (Å²) in [6.45, 7) is 3.49. The molecular formula is C17H18ClF2N2O+. The maximum atomic E-state index is 13.8. The summed E-state index contributed by atoms with van der Waals surface area (Å²) in [5, 5.41) is 5.08. The van der Waals surface area contributed by atoms with Gasteiger partial charge in [0, 0.05) is 22.3 Å². The van der Waals surface area contributed by atoms with Gasteiger partial charge in [-0.2, -0.15) is 0 Å². The maximum Gasteiger partial charge on any atom is 0.282 e. The molecule has 2 rings (SSSR count). The molecule has 1 amide bonds. The molecular weight excluding hydrogens is 322 g/mol. The number of nitrogens with two attached hydrogens (primary N) is 1. The van der Waals surface area contributed by atoms with Gasteiger partial charge in [0.15, 0.2) is 6.04 Å². The van der Waals surface area contributed by atoms with Crippen LogP contribution in [0, 0.1) is 11.6 Å². The van der Waals surface area contributed by atoms with E-state index in [2.05, 4.69) is 5.32 Å². The lowest BCUT2D eigenvalue weighted by Crippen LogP contribution is -2.91. The van der Waals surface area contributed by atoms with Crippen molar-refractivity contribution in [1.29, 1.82) is 0 Å². The van der Waals surface area contributed by atoms with Gasteiger partial charge < -0.3 is 10.6 Å². The quantitative estimate of drug-likeness (QED) is 0.863. The zero-order valence-corrected chi connectivity index (χ0v) is 13.6. The summed E-state index contributed by atoms with van der Waals surface area (Å²) in [5.74, 6) is -1.44. The number of rotatable bonds is 5. The standard InChI is InChI=1S/C17H17ClF2N2O/c1-10(15-8-5-13(19)9-16(15)20)21-11(2)17(23)22-14-6-3-12(18)4-7-14/h3-11,21H,1-2H3,(H,22,23)/p+1/t10-,11-/m1/s1. The maximum absolute atomic E-state index is 13.8. The van der Waals surface area contributed by atoms with Gasteiger partial charge in [0.25, 0.3) is 5.91 Å². The number of benzene rings is 2. The molecule has 23 heavy (non-hydrogen) atoms. The molecule has 0 aliphatic rings. The van der Waals surface area contributed by atoms with E-state index in [0.717, 1.165) is 6.07 Å². The van der Waals surface area contributed by atoms with Gasteiger partial charge in [-0.25, -0.2) is 8.78 Å². The van der Waals surface area contributed by atoms with Crippen LogP contribution in [0.3, 0.4) is 0 Å². The lowest BCUT2D eigenvalue weighted by molar-refractivity contribution is -0.710. The molecule has 0 unspecified atom stereocenters. The van der Waals surface area contributed by atoms with Gasteiger partial charge in [-0.05, 0) is 50.2 Å². The zero-order valence-electron chi connectivity index (χ0n) is 12.8. The number of anilines is 1. The van der Waals surface area contributed by atoms with Crippen LogP contribution in [0.2, 0.25) is 5.02 Å². The van der Waals surface area contributed by atoms with Crippen LogP contribution in [0.15, 0.2) is 42.5 Å². The predicted molar refractivity (Wildman–Crippen MR) is 86.2 cm³/mol. The number of amides is 1. The van der Waals surface area contributed by atoms with Crippen molar-refractivity contribution in [3.05, 3.63) is 64.7 Å². The highest BCUT2D eigenvalue weighted by Gasteiger charge is 2.22. The van der Waals surface area contributed by atoms with Crippen molar-refractivity contribution < 1.29 is 18.9 Å². The first kappa shape index (κ1) is 17.4. The van der Waals surface area contributed by atoms with Crippen molar-refractivity contribution in [2.75, 3.05) is 5.32 Å². The Balaban J connectivity index is 1.98. The molecule has 0 bridgehead atoms.